The van der Waals surface area contributed by atoms with E-state index in [1.54, 1.807) is 7.05 Å². The van der Waals surface area contributed by atoms with Gasteiger partial charge in [0.15, 0.2) is 15.8 Å². The highest BCUT2D eigenvalue weighted by atomic mass is 127. The summed E-state index contributed by atoms with van der Waals surface area (Å²) in [7, 11) is -1.01. The van der Waals surface area contributed by atoms with E-state index in [0.717, 1.165) is 55.9 Å². The Bertz CT molecular complexity index is 755. The van der Waals surface area contributed by atoms with Crippen LogP contribution in [0.2, 0.25) is 5.02 Å². The van der Waals surface area contributed by atoms with Crippen molar-refractivity contribution in [1.82, 2.24) is 15.1 Å². The second-order valence-corrected chi connectivity index (χ2v) is 9.66. The fraction of sp³-hybridized carbons (Fsp3) is 0.611. The molecule has 0 saturated carbocycles. The van der Waals surface area contributed by atoms with Crippen LogP contribution < -0.4 is 10.2 Å². The highest BCUT2D eigenvalue weighted by molar-refractivity contribution is 14.0. The fourth-order valence-electron chi connectivity index (χ4n) is 3.48. The van der Waals surface area contributed by atoms with E-state index in [1.165, 1.54) is 0 Å². The molecule has 28 heavy (non-hydrogen) atoms. The maximum Gasteiger partial charge on any atom is 0.193 e. The van der Waals surface area contributed by atoms with Gasteiger partial charge in [-0.25, -0.2) is 8.42 Å². The predicted molar refractivity (Wildman–Crippen MR) is 127 cm³/mol. The SMILES string of the molecule is CN=C(NCCN1CCS(=O)(=O)CC1)N1CCN(c2cccc(Cl)c2)CC1.I. The number of piperazine rings is 1. The topological polar surface area (TPSA) is 68.2 Å². The standard InChI is InChI=1S/C18H28ClN5O2S.HI/c1-20-18(21-5-6-22-11-13-27(25,26)14-12-22)24-9-7-23(8-10-24)17-4-2-3-16(19)15-17;/h2-4,15H,5-14H2,1H3,(H,20,21);1H. The number of anilines is 1. The number of nitrogens with zero attached hydrogens (tertiary/aromatic N) is 4. The quantitative estimate of drug-likeness (QED) is 0.353. The Morgan fingerprint density at radius 3 is 2.43 bits per heavy atom. The van der Waals surface area contributed by atoms with Gasteiger partial charge in [-0.3, -0.25) is 9.89 Å². The van der Waals surface area contributed by atoms with E-state index < -0.39 is 9.84 Å². The molecular formula is C18H29ClIN5O2S. The van der Waals surface area contributed by atoms with Crippen LogP contribution in [0.3, 0.4) is 0 Å². The van der Waals surface area contributed by atoms with Crippen molar-refractivity contribution < 1.29 is 8.42 Å². The van der Waals surface area contributed by atoms with Gasteiger partial charge in [0.2, 0.25) is 0 Å². The van der Waals surface area contributed by atoms with Crippen molar-refractivity contribution in [1.29, 1.82) is 0 Å². The van der Waals surface area contributed by atoms with Gasteiger partial charge in [-0.05, 0) is 18.2 Å². The number of hydrogen-bond donors (Lipinski definition) is 1. The Labute approximate surface area is 190 Å². The highest BCUT2D eigenvalue weighted by Gasteiger charge is 2.22. The Morgan fingerprint density at radius 1 is 1.14 bits per heavy atom. The average molecular weight is 542 g/mol. The van der Waals surface area contributed by atoms with E-state index in [1.807, 2.05) is 18.2 Å². The lowest BCUT2D eigenvalue weighted by molar-refractivity contribution is 0.296. The predicted octanol–water partition coefficient (Wildman–Crippen LogP) is 1.39. The average Bonchev–Trinajstić information content (AvgIpc) is 2.67. The van der Waals surface area contributed by atoms with Gasteiger partial charge in [-0.15, -0.1) is 24.0 Å². The minimum absolute atomic E-state index is 0. The molecule has 0 radical (unpaired) electrons. The van der Waals surface area contributed by atoms with Gasteiger partial charge in [-0.2, -0.15) is 0 Å². The third kappa shape index (κ3) is 6.64. The van der Waals surface area contributed by atoms with Crippen LogP contribution in [0.4, 0.5) is 5.69 Å². The number of aliphatic imine (C=N–C) groups is 1. The summed E-state index contributed by atoms with van der Waals surface area (Å²) in [5, 5.41) is 4.18. The van der Waals surface area contributed by atoms with E-state index in [-0.39, 0.29) is 35.5 Å². The lowest BCUT2D eigenvalue weighted by Crippen LogP contribution is -2.53. The summed E-state index contributed by atoms with van der Waals surface area (Å²) in [4.78, 5) is 11.2. The van der Waals surface area contributed by atoms with Crippen LogP contribution in [0, 0.1) is 0 Å². The molecule has 1 aromatic rings. The number of benzene rings is 1. The molecule has 1 aromatic carbocycles. The first-order valence-electron chi connectivity index (χ1n) is 9.36. The Balaban J connectivity index is 0.00000280. The molecule has 0 amide bonds. The molecule has 10 heteroatoms. The third-order valence-corrected chi connectivity index (χ3v) is 6.96. The minimum atomic E-state index is -2.82. The van der Waals surface area contributed by atoms with E-state index in [9.17, 15) is 8.42 Å². The first kappa shape index (κ1) is 23.5. The number of hydrogen-bond acceptors (Lipinski definition) is 5. The molecule has 2 heterocycles. The number of sulfone groups is 1. The van der Waals surface area contributed by atoms with Crippen LogP contribution in [-0.2, 0) is 9.84 Å². The summed E-state index contributed by atoms with van der Waals surface area (Å²) < 4.78 is 23.0. The number of guanidine groups is 1. The molecule has 0 atom stereocenters. The van der Waals surface area contributed by atoms with Crippen LogP contribution in [0.5, 0.6) is 0 Å². The zero-order chi connectivity index (χ0) is 19.3. The normalized spacial score (nSPS) is 20.6. The summed E-state index contributed by atoms with van der Waals surface area (Å²) >= 11 is 6.10. The van der Waals surface area contributed by atoms with Crippen molar-refractivity contribution in [3.63, 3.8) is 0 Å². The molecule has 158 valence electrons. The molecule has 2 fully saturated rings. The van der Waals surface area contributed by atoms with Gasteiger partial charge in [-0.1, -0.05) is 17.7 Å². The molecular weight excluding hydrogens is 513 g/mol. The first-order chi connectivity index (χ1) is 13.0. The van der Waals surface area contributed by atoms with Gasteiger partial charge in [0.25, 0.3) is 0 Å². The molecule has 0 aromatic heterocycles. The van der Waals surface area contributed by atoms with Gasteiger partial charge in [0.1, 0.15) is 0 Å². The maximum absolute atomic E-state index is 11.5. The molecule has 1 N–H and O–H groups in total. The van der Waals surface area contributed by atoms with Crippen molar-refractivity contribution in [2.45, 2.75) is 0 Å². The monoisotopic (exact) mass is 541 g/mol. The van der Waals surface area contributed by atoms with E-state index >= 15 is 0 Å². The molecule has 3 rings (SSSR count). The molecule has 2 saturated heterocycles. The Hall–Kier alpha value is -0.780. The van der Waals surface area contributed by atoms with Crippen LogP contribution in [0.25, 0.3) is 0 Å². The van der Waals surface area contributed by atoms with Crippen LogP contribution in [0.15, 0.2) is 29.3 Å². The van der Waals surface area contributed by atoms with Gasteiger partial charge in [0, 0.05) is 70.1 Å². The number of nitrogens with one attached hydrogen (secondary N) is 1. The smallest absolute Gasteiger partial charge is 0.193 e. The first-order valence-corrected chi connectivity index (χ1v) is 11.6. The second kappa shape index (κ2) is 10.8. The molecule has 0 aliphatic carbocycles. The molecule has 2 aliphatic heterocycles. The second-order valence-electron chi connectivity index (χ2n) is 6.92. The highest BCUT2D eigenvalue weighted by Crippen LogP contribution is 2.20. The van der Waals surface area contributed by atoms with Crippen molar-refractivity contribution in [3.05, 3.63) is 29.3 Å². The van der Waals surface area contributed by atoms with Crippen molar-refractivity contribution in [2.24, 2.45) is 4.99 Å². The van der Waals surface area contributed by atoms with Crippen molar-refractivity contribution >= 4 is 57.1 Å². The molecule has 7 nitrogen and oxygen atoms in total. The van der Waals surface area contributed by atoms with Crippen molar-refractivity contribution in [2.75, 3.05) is 75.8 Å². The molecule has 0 bridgehead atoms. The summed E-state index contributed by atoms with van der Waals surface area (Å²) in [5.41, 5.74) is 1.16. The summed E-state index contributed by atoms with van der Waals surface area (Å²) in [6.07, 6.45) is 0. The van der Waals surface area contributed by atoms with Crippen LogP contribution >= 0.6 is 35.6 Å². The maximum atomic E-state index is 11.5. The number of rotatable bonds is 4. The van der Waals surface area contributed by atoms with Crippen LogP contribution in [-0.4, -0.2) is 95.1 Å². The Morgan fingerprint density at radius 2 is 1.82 bits per heavy atom. The molecule has 0 spiro atoms. The number of halogens is 2. The van der Waals surface area contributed by atoms with E-state index in [0.29, 0.717) is 13.1 Å². The van der Waals surface area contributed by atoms with Crippen molar-refractivity contribution in [3.8, 4) is 0 Å². The van der Waals surface area contributed by atoms with Gasteiger partial charge < -0.3 is 15.1 Å². The lowest BCUT2D eigenvalue weighted by atomic mass is 10.2. The molecule has 0 unspecified atom stereocenters. The van der Waals surface area contributed by atoms with Crippen LogP contribution in [0.1, 0.15) is 0 Å². The third-order valence-electron chi connectivity index (χ3n) is 5.11. The zero-order valence-corrected chi connectivity index (χ0v) is 20.1. The summed E-state index contributed by atoms with van der Waals surface area (Å²) in [5.74, 6) is 1.45. The Kier molecular flexibility index (Phi) is 9.10. The largest absolute Gasteiger partial charge is 0.368 e. The fourth-order valence-corrected chi connectivity index (χ4v) is 4.94. The molecule has 2 aliphatic rings. The summed E-state index contributed by atoms with van der Waals surface area (Å²) in [6, 6.07) is 7.97. The minimum Gasteiger partial charge on any atom is -0.368 e. The zero-order valence-electron chi connectivity index (χ0n) is 16.2. The van der Waals surface area contributed by atoms with E-state index in [4.69, 9.17) is 11.6 Å². The van der Waals surface area contributed by atoms with E-state index in [2.05, 4.69) is 31.1 Å². The lowest BCUT2D eigenvalue weighted by Gasteiger charge is -2.38. The summed E-state index contributed by atoms with van der Waals surface area (Å²) in [6.45, 7) is 6.48. The van der Waals surface area contributed by atoms with Gasteiger partial charge >= 0.3 is 0 Å². The van der Waals surface area contributed by atoms with Gasteiger partial charge in [0.05, 0.1) is 11.5 Å².